The van der Waals surface area contributed by atoms with Crippen LogP contribution in [0.15, 0.2) is 66.9 Å². The Balaban J connectivity index is 1.86. The largest absolute Gasteiger partial charge is 0.478 e. The fourth-order valence-electron chi connectivity index (χ4n) is 5.37. The summed E-state index contributed by atoms with van der Waals surface area (Å²) >= 11 is 0. The van der Waals surface area contributed by atoms with Crippen molar-refractivity contribution in [1.82, 2.24) is 4.98 Å². The van der Waals surface area contributed by atoms with Crippen LogP contribution in [0, 0.1) is 28.6 Å². The van der Waals surface area contributed by atoms with Gasteiger partial charge in [0, 0.05) is 18.2 Å². The number of amides is 1. The molecule has 0 spiro atoms. The molecule has 8 heteroatoms. The number of aliphatic hydroxyl groups is 2. The molecule has 8 nitrogen and oxygen atoms in total. The predicted octanol–water partition coefficient (Wildman–Crippen LogP) is 1.56. The van der Waals surface area contributed by atoms with Crippen LogP contribution in [-0.4, -0.2) is 27.2 Å². The normalized spacial score (nSPS) is 29.3. The van der Waals surface area contributed by atoms with E-state index in [1.165, 1.54) is 12.3 Å². The number of carbonyl (C=O) groups is 1. The van der Waals surface area contributed by atoms with Crippen molar-refractivity contribution in [1.29, 1.82) is 10.5 Å². The molecule has 0 saturated heterocycles. The summed E-state index contributed by atoms with van der Waals surface area (Å²) in [5.74, 6) is -2.70. The van der Waals surface area contributed by atoms with Gasteiger partial charge in [-0.15, -0.1) is 0 Å². The van der Waals surface area contributed by atoms with Crippen LogP contribution in [0.1, 0.15) is 33.9 Å². The summed E-state index contributed by atoms with van der Waals surface area (Å²) in [5.41, 5.74) is 3.65. The number of fused-ring (bicyclic) bond motifs is 3. The van der Waals surface area contributed by atoms with E-state index in [1.807, 2.05) is 18.2 Å². The quantitative estimate of drug-likeness (QED) is 0.561. The second-order valence-electron chi connectivity index (χ2n) is 8.23. The lowest BCUT2D eigenvalue weighted by atomic mass is 9.71. The highest BCUT2D eigenvalue weighted by Gasteiger charge is 2.77. The molecule has 0 bridgehead atoms. The van der Waals surface area contributed by atoms with Crippen LogP contribution in [0.25, 0.3) is 0 Å². The van der Waals surface area contributed by atoms with E-state index in [1.54, 1.807) is 48.5 Å². The molecule has 3 aromatic rings. The number of pyridine rings is 1. The fraction of sp³-hybridized carbons (Fsp3) is 0.200. The molecular weight excluding hydrogens is 420 g/mol. The van der Waals surface area contributed by atoms with Crippen LogP contribution in [0.2, 0.25) is 0 Å². The molecule has 0 radical (unpaired) electrons. The zero-order valence-electron chi connectivity index (χ0n) is 17.2. The number of nitrogens with two attached hydrogens (primary N) is 1. The Kier molecular flexibility index (Phi) is 4.47. The van der Waals surface area contributed by atoms with Gasteiger partial charge in [-0.1, -0.05) is 42.5 Å². The number of carbonyl (C=O) groups excluding carboxylic acids is 1. The number of ether oxygens (including phenoxy) is 1. The first-order valence-corrected chi connectivity index (χ1v) is 10.2. The molecule has 2 aliphatic rings. The first kappa shape index (κ1) is 20.7. The minimum absolute atomic E-state index is 0.0736. The van der Waals surface area contributed by atoms with Gasteiger partial charge in [0.2, 0.25) is 5.91 Å². The number of benzene rings is 2. The maximum atomic E-state index is 12.6. The Labute approximate surface area is 189 Å². The lowest BCUT2D eigenvalue weighted by Gasteiger charge is -2.40. The summed E-state index contributed by atoms with van der Waals surface area (Å²) in [6, 6.07) is 20.7. The lowest BCUT2D eigenvalue weighted by Crippen LogP contribution is -2.52. The summed E-state index contributed by atoms with van der Waals surface area (Å²) in [4.78, 5) is 16.7. The van der Waals surface area contributed by atoms with E-state index in [9.17, 15) is 25.5 Å². The Morgan fingerprint density at radius 3 is 2.39 bits per heavy atom. The maximum absolute atomic E-state index is 12.6. The van der Waals surface area contributed by atoms with Crippen LogP contribution >= 0.6 is 0 Å². The van der Waals surface area contributed by atoms with E-state index in [0.717, 1.165) is 0 Å². The highest BCUT2D eigenvalue weighted by atomic mass is 16.5. The maximum Gasteiger partial charge on any atom is 0.224 e. The molecule has 2 heterocycles. The first-order valence-electron chi connectivity index (χ1n) is 10.2. The smallest absolute Gasteiger partial charge is 0.224 e. The molecule has 5 atom stereocenters. The van der Waals surface area contributed by atoms with Crippen molar-refractivity contribution < 1.29 is 19.7 Å². The van der Waals surface area contributed by atoms with Gasteiger partial charge in [-0.3, -0.25) is 4.79 Å². The van der Waals surface area contributed by atoms with Crippen LogP contribution < -0.4 is 10.5 Å². The highest BCUT2D eigenvalue weighted by Crippen LogP contribution is 2.68. The summed E-state index contributed by atoms with van der Waals surface area (Å²) in [7, 11) is 0. The van der Waals surface area contributed by atoms with Gasteiger partial charge < -0.3 is 20.7 Å². The summed E-state index contributed by atoms with van der Waals surface area (Å²) in [6.07, 6.45) is -0.347. The summed E-state index contributed by atoms with van der Waals surface area (Å²) in [5, 5.41) is 42.2. The number of primary amides is 1. The zero-order chi connectivity index (χ0) is 23.4. The molecule has 162 valence electrons. The number of nitrogens with zero attached hydrogens (tertiary/aromatic N) is 3. The van der Waals surface area contributed by atoms with Gasteiger partial charge in [-0.05, 0) is 23.3 Å². The molecule has 1 amide bonds. The third-order valence-corrected chi connectivity index (χ3v) is 6.72. The Hall–Kier alpha value is -4.24. The summed E-state index contributed by atoms with van der Waals surface area (Å²) in [6.45, 7) is 0. The van der Waals surface area contributed by atoms with E-state index >= 15 is 0 Å². The van der Waals surface area contributed by atoms with Gasteiger partial charge >= 0.3 is 0 Å². The van der Waals surface area contributed by atoms with Gasteiger partial charge in [-0.2, -0.15) is 10.5 Å². The van der Waals surface area contributed by atoms with Gasteiger partial charge in [0.15, 0.2) is 11.2 Å². The van der Waals surface area contributed by atoms with E-state index < -0.39 is 35.0 Å². The average molecular weight is 438 g/mol. The monoisotopic (exact) mass is 438 g/mol. The van der Waals surface area contributed by atoms with Gasteiger partial charge in [0.25, 0.3) is 0 Å². The Bertz CT molecular complexity index is 1350. The van der Waals surface area contributed by atoms with Crippen molar-refractivity contribution in [2.45, 2.75) is 23.2 Å². The van der Waals surface area contributed by atoms with Gasteiger partial charge in [-0.25, -0.2) is 4.98 Å². The van der Waals surface area contributed by atoms with Gasteiger partial charge in [0.05, 0.1) is 23.1 Å². The zero-order valence-corrected chi connectivity index (χ0v) is 17.2. The van der Waals surface area contributed by atoms with Crippen LogP contribution in [-0.2, 0) is 16.0 Å². The highest BCUT2D eigenvalue weighted by molar-refractivity contribution is 5.81. The van der Waals surface area contributed by atoms with Crippen LogP contribution in [0.4, 0.5) is 0 Å². The standard InChI is InChI=1S/C25H18N4O4/c26-11-14-6-8-16(9-7-14)25-21(15-4-2-1-3-5-15)20(23(28)31)22(30)24(25,32)18-13-29-17(12-27)10-19(18)33-25/h1-10,13,20-22,30,32H,(H2,28,31)/t20-,21-,22-,24+,25+/m1/s1. The molecule has 2 aromatic carbocycles. The van der Waals surface area contributed by atoms with Crippen LogP contribution in [0.5, 0.6) is 5.75 Å². The molecule has 1 aromatic heterocycles. The van der Waals surface area contributed by atoms with Crippen LogP contribution in [0.3, 0.4) is 0 Å². The molecule has 1 saturated carbocycles. The molecule has 4 N–H and O–H groups in total. The van der Waals surface area contributed by atoms with Crippen molar-refractivity contribution in [3.8, 4) is 17.9 Å². The lowest BCUT2D eigenvalue weighted by molar-refractivity contribution is -0.153. The minimum atomic E-state index is -2.11. The topological polar surface area (TPSA) is 153 Å². The Morgan fingerprint density at radius 1 is 1.09 bits per heavy atom. The molecule has 1 aliphatic carbocycles. The molecular formula is C25H18N4O4. The average Bonchev–Trinajstić information content (AvgIpc) is 3.22. The molecule has 1 fully saturated rings. The molecule has 0 unspecified atom stereocenters. The third-order valence-electron chi connectivity index (χ3n) is 6.72. The second kappa shape index (κ2) is 7.14. The van der Waals surface area contributed by atoms with Crippen molar-refractivity contribution in [3.05, 3.63) is 94.8 Å². The van der Waals surface area contributed by atoms with E-state index in [2.05, 4.69) is 4.98 Å². The number of hydrogen-bond acceptors (Lipinski definition) is 7. The van der Waals surface area contributed by atoms with Crippen molar-refractivity contribution >= 4 is 5.91 Å². The fourth-order valence-corrected chi connectivity index (χ4v) is 5.37. The van der Waals surface area contributed by atoms with E-state index in [0.29, 0.717) is 16.7 Å². The third kappa shape index (κ3) is 2.56. The van der Waals surface area contributed by atoms with Gasteiger partial charge in [0.1, 0.15) is 23.6 Å². The van der Waals surface area contributed by atoms with E-state index in [4.69, 9.17) is 10.5 Å². The van der Waals surface area contributed by atoms with Crippen molar-refractivity contribution in [2.24, 2.45) is 11.7 Å². The second-order valence-corrected chi connectivity index (χ2v) is 8.23. The molecule has 5 rings (SSSR count). The minimum Gasteiger partial charge on any atom is -0.478 e. The summed E-state index contributed by atoms with van der Waals surface area (Å²) < 4.78 is 6.45. The predicted molar refractivity (Wildman–Crippen MR) is 114 cm³/mol. The van der Waals surface area contributed by atoms with Crippen molar-refractivity contribution in [2.75, 3.05) is 0 Å². The number of rotatable bonds is 3. The van der Waals surface area contributed by atoms with E-state index in [-0.39, 0.29) is 17.0 Å². The molecule has 33 heavy (non-hydrogen) atoms. The van der Waals surface area contributed by atoms with Crippen molar-refractivity contribution in [3.63, 3.8) is 0 Å². The Morgan fingerprint density at radius 2 is 1.79 bits per heavy atom. The number of nitriles is 2. The molecule has 1 aliphatic heterocycles. The first-order chi connectivity index (χ1) is 15.9. The SMILES string of the molecule is N#Cc1ccc([C@@]23Oc4cc(C#N)ncc4[C@]2(O)[C@H](O)[C@H](C(N)=O)[C@H]3c2ccccc2)cc1. The number of aromatic nitrogens is 1. The number of aliphatic hydroxyl groups excluding tert-OH is 1. The number of hydrogen-bond donors (Lipinski definition) is 3.